The molecule has 120 valence electrons. The van der Waals surface area contributed by atoms with Crippen LogP contribution in [-0.4, -0.2) is 40.9 Å². The predicted octanol–water partition coefficient (Wildman–Crippen LogP) is 2.64. The molecular formula is C15H20ClN3O3. The molecule has 2 rings (SSSR count). The largest absolute Gasteiger partial charge is 0.450 e. The lowest BCUT2D eigenvalue weighted by Crippen LogP contribution is -2.31. The molecule has 1 atom stereocenters. The molecule has 0 saturated heterocycles. The highest BCUT2D eigenvalue weighted by Gasteiger charge is 2.28. The van der Waals surface area contributed by atoms with Gasteiger partial charge in [0.15, 0.2) is 17.6 Å². The van der Waals surface area contributed by atoms with Gasteiger partial charge in [-0.3, -0.25) is 4.79 Å². The number of rotatable bonds is 5. The molecule has 0 amide bonds. The number of hydrogen-bond acceptors (Lipinski definition) is 6. The first-order valence-corrected chi connectivity index (χ1v) is 7.95. The lowest BCUT2D eigenvalue weighted by Gasteiger charge is -2.21. The van der Waals surface area contributed by atoms with Crippen molar-refractivity contribution in [3.05, 3.63) is 16.9 Å². The molecule has 1 aliphatic rings. The Kier molecular flexibility index (Phi) is 5.71. The van der Waals surface area contributed by atoms with Gasteiger partial charge in [-0.15, -0.1) is 0 Å². The lowest BCUT2D eigenvalue weighted by molar-refractivity contribution is -0.129. The van der Waals surface area contributed by atoms with Crippen LogP contribution in [-0.2, 0) is 9.53 Å². The van der Waals surface area contributed by atoms with Gasteiger partial charge >= 0.3 is 5.97 Å². The monoisotopic (exact) mass is 325 g/mol. The van der Waals surface area contributed by atoms with E-state index >= 15 is 0 Å². The van der Waals surface area contributed by atoms with Crippen molar-refractivity contribution in [3.63, 3.8) is 0 Å². The Balaban J connectivity index is 2.17. The first-order chi connectivity index (χ1) is 10.6. The fourth-order valence-corrected chi connectivity index (χ4v) is 2.59. The fraction of sp³-hybridized carbons (Fsp3) is 0.600. The Morgan fingerprint density at radius 1 is 1.41 bits per heavy atom. The molecule has 1 saturated carbocycles. The van der Waals surface area contributed by atoms with E-state index < -0.39 is 12.1 Å². The normalized spacial score (nSPS) is 18.1. The highest BCUT2D eigenvalue weighted by atomic mass is 35.5. The van der Waals surface area contributed by atoms with Crippen molar-refractivity contribution in [1.82, 2.24) is 9.97 Å². The minimum atomic E-state index is -0.677. The number of hydrogen-bond donors (Lipinski definition) is 0. The number of ketones is 1. The second kappa shape index (κ2) is 7.54. The molecule has 1 aromatic rings. The summed E-state index contributed by atoms with van der Waals surface area (Å²) in [5, 5.41) is 0.129. The molecule has 0 N–H and O–H groups in total. The van der Waals surface area contributed by atoms with Gasteiger partial charge < -0.3 is 9.64 Å². The standard InChI is InChI=1S/C15H20ClN3O3/c1-3-19(4-2)15-17-9-10(16)13(18-15)14(21)22-12-8-6-5-7-11(12)20/h9,12H,3-8H2,1-2H3/t12-/m0/s1. The minimum absolute atomic E-state index is 0.0111. The first-order valence-electron chi connectivity index (χ1n) is 7.58. The van der Waals surface area contributed by atoms with E-state index in [0.717, 1.165) is 12.8 Å². The van der Waals surface area contributed by atoms with E-state index in [1.165, 1.54) is 6.20 Å². The van der Waals surface area contributed by atoms with E-state index in [4.69, 9.17) is 16.3 Å². The zero-order valence-corrected chi connectivity index (χ0v) is 13.6. The summed E-state index contributed by atoms with van der Waals surface area (Å²) in [4.78, 5) is 34.3. The average molecular weight is 326 g/mol. The molecule has 22 heavy (non-hydrogen) atoms. The third-order valence-electron chi connectivity index (χ3n) is 3.72. The Hall–Kier alpha value is -1.69. The van der Waals surface area contributed by atoms with Crippen LogP contribution in [0.1, 0.15) is 50.0 Å². The summed E-state index contributed by atoms with van der Waals surface area (Å²) in [7, 11) is 0. The highest BCUT2D eigenvalue weighted by Crippen LogP contribution is 2.21. The average Bonchev–Trinajstić information content (AvgIpc) is 2.52. The molecule has 0 aliphatic heterocycles. The van der Waals surface area contributed by atoms with Crippen molar-refractivity contribution in [2.45, 2.75) is 45.6 Å². The van der Waals surface area contributed by atoms with Gasteiger partial charge in [0.2, 0.25) is 5.95 Å². The summed E-state index contributed by atoms with van der Waals surface area (Å²) in [6.07, 6.45) is 3.47. The molecule has 0 bridgehead atoms. The Morgan fingerprint density at radius 3 is 2.77 bits per heavy atom. The fourth-order valence-electron chi connectivity index (χ4n) is 2.42. The SMILES string of the molecule is CCN(CC)c1ncc(Cl)c(C(=O)O[C@H]2CCCCC2=O)n1. The number of aromatic nitrogens is 2. The smallest absolute Gasteiger partial charge is 0.359 e. The summed E-state index contributed by atoms with van der Waals surface area (Å²) in [5.41, 5.74) is 0.0111. The van der Waals surface area contributed by atoms with Crippen LogP contribution in [0.5, 0.6) is 0 Å². The van der Waals surface area contributed by atoms with Crippen molar-refractivity contribution in [3.8, 4) is 0 Å². The van der Waals surface area contributed by atoms with E-state index in [1.807, 2.05) is 18.7 Å². The van der Waals surface area contributed by atoms with E-state index in [9.17, 15) is 9.59 Å². The Morgan fingerprint density at radius 2 is 2.14 bits per heavy atom. The van der Waals surface area contributed by atoms with Gasteiger partial charge in [-0.2, -0.15) is 0 Å². The minimum Gasteiger partial charge on any atom is -0.450 e. The molecule has 0 aromatic carbocycles. The first kappa shape index (κ1) is 16.7. The number of esters is 1. The number of ether oxygens (including phenoxy) is 1. The van der Waals surface area contributed by atoms with Gasteiger partial charge in [-0.25, -0.2) is 14.8 Å². The molecule has 6 nitrogen and oxygen atoms in total. The third kappa shape index (κ3) is 3.74. The lowest BCUT2D eigenvalue weighted by atomic mass is 9.96. The number of carbonyl (C=O) groups excluding carboxylic acids is 2. The molecule has 1 fully saturated rings. The van der Waals surface area contributed by atoms with Crippen molar-refractivity contribution >= 4 is 29.3 Å². The van der Waals surface area contributed by atoms with Crippen LogP contribution in [0.15, 0.2) is 6.20 Å². The van der Waals surface area contributed by atoms with Crippen LogP contribution in [0.2, 0.25) is 5.02 Å². The summed E-state index contributed by atoms with van der Waals surface area (Å²) in [6, 6.07) is 0. The van der Waals surface area contributed by atoms with Crippen molar-refractivity contribution < 1.29 is 14.3 Å². The third-order valence-corrected chi connectivity index (χ3v) is 4.00. The molecule has 0 unspecified atom stereocenters. The number of nitrogens with zero attached hydrogens (tertiary/aromatic N) is 3. The quantitative estimate of drug-likeness (QED) is 0.775. The maximum Gasteiger partial charge on any atom is 0.359 e. The number of carbonyl (C=O) groups is 2. The summed E-state index contributed by atoms with van der Waals surface area (Å²) in [6.45, 7) is 5.38. The van der Waals surface area contributed by atoms with Crippen LogP contribution < -0.4 is 4.90 Å². The summed E-state index contributed by atoms with van der Waals surface area (Å²) in [5.74, 6) is -0.272. The molecule has 1 aromatic heterocycles. The van der Waals surface area contributed by atoms with Crippen molar-refractivity contribution in [2.75, 3.05) is 18.0 Å². The van der Waals surface area contributed by atoms with Crippen LogP contribution in [0, 0.1) is 0 Å². The Bertz CT molecular complexity index is 561. The molecule has 0 radical (unpaired) electrons. The van der Waals surface area contributed by atoms with E-state index in [1.54, 1.807) is 0 Å². The van der Waals surface area contributed by atoms with Gasteiger partial charge in [0.1, 0.15) is 0 Å². The number of halogens is 1. The van der Waals surface area contributed by atoms with Gasteiger partial charge in [-0.1, -0.05) is 11.6 Å². The van der Waals surface area contributed by atoms with Crippen LogP contribution in [0.4, 0.5) is 5.95 Å². The van der Waals surface area contributed by atoms with E-state index in [2.05, 4.69) is 9.97 Å². The molecule has 1 heterocycles. The summed E-state index contributed by atoms with van der Waals surface area (Å²) < 4.78 is 5.29. The second-order valence-corrected chi connectivity index (χ2v) is 5.55. The zero-order valence-electron chi connectivity index (χ0n) is 12.8. The maximum atomic E-state index is 12.3. The van der Waals surface area contributed by atoms with Gasteiger partial charge in [0.25, 0.3) is 0 Å². The van der Waals surface area contributed by atoms with Gasteiger partial charge in [-0.05, 0) is 33.1 Å². The van der Waals surface area contributed by atoms with Crippen molar-refractivity contribution in [1.29, 1.82) is 0 Å². The van der Waals surface area contributed by atoms with Crippen LogP contribution >= 0.6 is 11.6 Å². The van der Waals surface area contributed by atoms with E-state index in [-0.39, 0.29) is 16.5 Å². The predicted molar refractivity (Wildman–Crippen MR) is 83.3 cm³/mol. The van der Waals surface area contributed by atoms with Gasteiger partial charge in [0, 0.05) is 19.5 Å². The topological polar surface area (TPSA) is 72.4 Å². The van der Waals surface area contributed by atoms with E-state index in [0.29, 0.717) is 31.9 Å². The number of anilines is 1. The molecule has 1 aliphatic carbocycles. The van der Waals surface area contributed by atoms with Crippen molar-refractivity contribution in [2.24, 2.45) is 0 Å². The maximum absolute atomic E-state index is 12.3. The highest BCUT2D eigenvalue weighted by molar-refractivity contribution is 6.33. The molecule has 7 heteroatoms. The van der Waals surface area contributed by atoms with Gasteiger partial charge in [0.05, 0.1) is 11.2 Å². The number of Topliss-reactive ketones (excluding diaryl/α,β-unsaturated/α-hetero) is 1. The summed E-state index contributed by atoms with van der Waals surface area (Å²) >= 11 is 6.01. The molecule has 0 spiro atoms. The second-order valence-electron chi connectivity index (χ2n) is 5.14. The molecular weight excluding hydrogens is 306 g/mol. The van der Waals surface area contributed by atoms with Crippen LogP contribution in [0.25, 0.3) is 0 Å². The zero-order chi connectivity index (χ0) is 16.1. The Labute approximate surface area is 134 Å². The van der Waals surface area contributed by atoms with Crippen LogP contribution in [0.3, 0.4) is 0 Å².